The molecule has 3 rings (SSSR count). The van der Waals surface area contributed by atoms with Crippen molar-refractivity contribution < 1.29 is 14.2 Å². The first-order valence-corrected chi connectivity index (χ1v) is 8.97. The molecule has 1 aliphatic heterocycles. The van der Waals surface area contributed by atoms with Crippen LogP contribution in [-0.4, -0.2) is 52.4 Å². The lowest BCUT2D eigenvalue weighted by molar-refractivity contribution is 0.248. The average Bonchev–Trinajstić information content (AvgIpc) is 2.68. The Labute approximate surface area is 168 Å². The summed E-state index contributed by atoms with van der Waals surface area (Å²) in [5, 5.41) is 0. The van der Waals surface area contributed by atoms with Gasteiger partial charge in [0.05, 0.1) is 21.3 Å². The molecule has 1 heterocycles. The zero-order valence-electron chi connectivity index (χ0n) is 16.5. The molecule has 6 heteroatoms. The van der Waals surface area contributed by atoms with Gasteiger partial charge in [-0.05, 0) is 36.8 Å². The molecule has 27 heavy (non-hydrogen) atoms. The van der Waals surface area contributed by atoms with Crippen molar-refractivity contribution in [1.29, 1.82) is 0 Å². The molecular formula is C21H29ClN2O3. The quantitative estimate of drug-likeness (QED) is 0.747. The van der Waals surface area contributed by atoms with Crippen LogP contribution in [0.3, 0.4) is 0 Å². The molecule has 0 aromatic heterocycles. The van der Waals surface area contributed by atoms with Gasteiger partial charge < -0.3 is 19.1 Å². The van der Waals surface area contributed by atoms with E-state index in [-0.39, 0.29) is 12.4 Å². The van der Waals surface area contributed by atoms with Gasteiger partial charge in [0.1, 0.15) is 0 Å². The molecule has 0 aliphatic carbocycles. The lowest BCUT2D eigenvalue weighted by Crippen LogP contribution is -2.45. The number of piperazine rings is 1. The third-order valence-corrected chi connectivity index (χ3v) is 4.90. The van der Waals surface area contributed by atoms with Crippen molar-refractivity contribution in [2.75, 3.05) is 52.4 Å². The summed E-state index contributed by atoms with van der Waals surface area (Å²) in [4.78, 5) is 4.91. The molecule has 1 saturated heterocycles. The van der Waals surface area contributed by atoms with Crippen molar-refractivity contribution in [2.45, 2.75) is 13.5 Å². The van der Waals surface area contributed by atoms with Gasteiger partial charge in [-0.15, -0.1) is 12.4 Å². The molecule has 2 aromatic carbocycles. The number of halogens is 1. The Balaban J connectivity index is 0.00000261. The highest BCUT2D eigenvalue weighted by Crippen LogP contribution is 2.38. The van der Waals surface area contributed by atoms with Crippen LogP contribution in [0.25, 0.3) is 0 Å². The van der Waals surface area contributed by atoms with Crippen LogP contribution >= 0.6 is 12.4 Å². The Morgan fingerprint density at radius 1 is 0.815 bits per heavy atom. The molecule has 0 radical (unpaired) electrons. The average molecular weight is 393 g/mol. The predicted octanol–water partition coefficient (Wildman–Crippen LogP) is 3.76. The standard InChI is InChI=1S/C21H28N2O3.ClH/c1-16-5-7-18(8-6-16)23-11-9-22(10-12-23)15-17-13-19(24-2)21(26-4)20(14-17)25-3;/h5-8,13-14H,9-12,15H2,1-4H3;1H. The van der Waals surface area contributed by atoms with E-state index in [0.29, 0.717) is 17.2 Å². The van der Waals surface area contributed by atoms with Gasteiger partial charge in [0.25, 0.3) is 0 Å². The summed E-state index contributed by atoms with van der Waals surface area (Å²) in [5.74, 6) is 2.06. The Kier molecular flexibility index (Phi) is 7.63. The van der Waals surface area contributed by atoms with E-state index in [1.807, 2.05) is 12.1 Å². The number of ether oxygens (including phenoxy) is 3. The summed E-state index contributed by atoms with van der Waals surface area (Å²) in [6.45, 7) is 7.13. The number of hydrogen-bond donors (Lipinski definition) is 0. The number of benzene rings is 2. The van der Waals surface area contributed by atoms with Gasteiger partial charge in [0.2, 0.25) is 5.75 Å². The summed E-state index contributed by atoms with van der Waals surface area (Å²) in [7, 11) is 4.94. The van der Waals surface area contributed by atoms with Gasteiger partial charge in [-0.3, -0.25) is 4.90 Å². The van der Waals surface area contributed by atoms with Crippen molar-refractivity contribution in [3.8, 4) is 17.2 Å². The van der Waals surface area contributed by atoms with Crippen LogP contribution in [-0.2, 0) is 6.54 Å². The summed E-state index contributed by atoms with van der Waals surface area (Å²) >= 11 is 0. The van der Waals surface area contributed by atoms with Gasteiger partial charge in [0.15, 0.2) is 11.5 Å². The van der Waals surface area contributed by atoms with Crippen LogP contribution in [0, 0.1) is 6.92 Å². The van der Waals surface area contributed by atoms with Crippen LogP contribution in [0.1, 0.15) is 11.1 Å². The van der Waals surface area contributed by atoms with Crippen LogP contribution in [0.5, 0.6) is 17.2 Å². The SMILES string of the molecule is COc1cc(CN2CCN(c3ccc(C)cc3)CC2)cc(OC)c1OC.Cl. The van der Waals surface area contributed by atoms with Gasteiger partial charge in [-0.25, -0.2) is 0 Å². The van der Waals surface area contributed by atoms with Crippen LogP contribution < -0.4 is 19.1 Å². The molecule has 1 fully saturated rings. The summed E-state index contributed by atoms with van der Waals surface area (Å²) in [6, 6.07) is 12.9. The van der Waals surface area contributed by atoms with Gasteiger partial charge >= 0.3 is 0 Å². The van der Waals surface area contributed by atoms with Crippen molar-refractivity contribution in [3.05, 3.63) is 47.5 Å². The molecule has 1 aliphatic rings. The lowest BCUT2D eigenvalue weighted by atomic mass is 10.1. The topological polar surface area (TPSA) is 34.2 Å². The predicted molar refractivity (Wildman–Crippen MR) is 112 cm³/mol. The monoisotopic (exact) mass is 392 g/mol. The Morgan fingerprint density at radius 3 is 1.85 bits per heavy atom. The van der Waals surface area contributed by atoms with Crippen molar-refractivity contribution in [2.24, 2.45) is 0 Å². The fraction of sp³-hybridized carbons (Fsp3) is 0.429. The van der Waals surface area contributed by atoms with E-state index < -0.39 is 0 Å². The molecule has 0 spiro atoms. The zero-order valence-corrected chi connectivity index (χ0v) is 17.3. The third-order valence-electron chi connectivity index (χ3n) is 4.90. The second kappa shape index (κ2) is 9.72. The van der Waals surface area contributed by atoms with E-state index in [9.17, 15) is 0 Å². The number of rotatable bonds is 6. The summed E-state index contributed by atoms with van der Waals surface area (Å²) in [6.07, 6.45) is 0. The highest BCUT2D eigenvalue weighted by molar-refractivity contribution is 5.85. The number of aryl methyl sites for hydroxylation is 1. The Hall–Kier alpha value is -2.11. The number of nitrogens with zero attached hydrogens (tertiary/aromatic N) is 2. The van der Waals surface area contributed by atoms with Crippen molar-refractivity contribution in [1.82, 2.24) is 4.90 Å². The van der Waals surface area contributed by atoms with E-state index in [0.717, 1.165) is 32.7 Å². The maximum atomic E-state index is 5.46. The van der Waals surface area contributed by atoms with Crippen LogP contribution in [0.2, 0.25) is 0 Å². The number of methoxy groups -OCH3 is 3. The molecule has 0 N–H and O–H groups in total. The molecule has 148 valence electrons. The second-order valence-corrected chi connectivity index (χ2v) is 6.63. The Bertz CT molecular complexity index is 704. The van der Waals surface area contributed by atoms with E-state index in [2.05, 4.69) is 41.0 Å². The fourth-order valence-corrected chi connectivity index (χ4v) is 3.40. The first-order chi connectivity index (χ1) is 12.6. The molecule has 2 aromatic rings. The lowest BCUT2D eigenvalue weighted by Gasteiger charge is -2.36. The molecule has 0 unspecified atom stereocenters. The minimum Gasteiger partial charge on any atom is -0.493 e. The molecule has 0 amide bonds. The normalized spacial score (nSPS) is 14.4. The highest BCUT2D eigenvalue weighted by atomic mass is 35.5. The maximum Gasteiger partial charge on any atom is 0.203 e. The second-order valence-electron chi connectivity index (χ2n) is 6.63. The zero-order chi connectivity index (χ0) is 18.5. The van der Waals surface area contributed by atoms with E-state index >= 15 is 0 Å². The number of anilines is 1. The van der Waals surface area contributed by atoms with E-state index in [1.54, 1.807) is 21.3 Å². The van der Waals surface area contributed by atoms with Gasteiger partial charge in [-0.2, -0.15) is 0 Å². The highest BCUT2D eigenvalue weighted by Gasteiger charge is 2.19. The molecule has 5 nitrogen and oxygen atoms in total. The summed E-state index contributed by atoms with van der Waals surface area (Å²) in [5.41, 5.74) is 3.78. The van der Waals surface area contributed by atoms with Gasteiger partial charge in [-0.1, -0.05) is 17.7 Å². The number of hydrogen-bond acceptors (Lipinski definition) is 5. The minimum atomic E-state index is 0. The smallest absolute Gasteiger partial charge is 0.203 e. The van der Waals surface area contributed by atoms with Crippen LogP contribution in [0.15, 0.2) is 36.4 Å². The minimum absolute atomic E-state index is 0. The Morgan fingerprint density at radius 2 is 1.37 bits per heavy atom. The molecule has 0 saturated carbocycles. The largest absolute Gasteiger partial charge is 0.493 e. The van der Waals surface area contributed by atoms with Crippen molar-refractivity contribution in [3.63, 3.8) is 0 Å². The molecular weight excluding hydrogens is 364 g/mol. The van der Waals surface area contributed by atoms with Gasteiger partial charge in [0, 0.05) is 38.4 Å². The maximum absolute atomic E-state index is 5.46. The van der Waals surface area contributed by atoms with Crippen LogP contribution in [0.4, 0.5) is 5.69 Å². The third kappa shape index (κ3) is 4.99. The molecule has 0 atom stereocenters. The van der Waals surface area contributed by atoms with Crippen molar-refractivity contribution >= 4 is 18.1 Å². The molecule has 0 bridgehead atoms. The fourth-order valence-electron chi connectivity index (χ4n) is 3.40. The van der Waals surface area contributed by atoms with E-state index in [4.69, 9.17) is 14.2 Å². The first kappa shape index (κ1) is 21.2. The summed E-state index contributed by atoms with van der Waals surface area (Å²) < 4.78 is 16.3. The van der Waals surface area contributed by atoms with E-state index in [1.165, 1.54) is 16.8 Å². The first-order valence-electron chi connectivity index (χ1n) is 8.97.